The van der Waals surface area contributed by atoms with E-state index in [2.05, 4.69) is 37.3 Å². The summed E-state index contributed by atoms with van der Waals surface area (Å²) in [5, 5.41) is 0. The maximum atomic E-state index is 4.29. The number of rotatable bonds is 3. The van der Waals surface area contributed by atoms with Crippen molar-refractivity contribution >= 4 is 17.6 Å². The van der Waals surface area contributed by atoms with Gasteiger partial charge in [0.05, 0.1) is 5.69 Å². The van der Waals surface area contributed by atoms with Crippen LogP contribution in [-0.4, -0.2) is 4.37 Å². The van der Waals surface area contributed by atoms with Crippen LogP contribution >= 0.6 is 11.5 Å². The zero-order valence-corrected chi connectivity index (χ0v) is 8.74. The summed E-state index contributed by atoms with van der Waals surface area (Å²) in [6.07, 6.45) is 6.79. The molecular weight excluding hydrogens is 166 g/mol. The van der Waals surface area contributed by atoms with Crippen LogP contribution in [0.1, 0.15) is 35.9 Å². The molecule has 2 heteroatoms. The normalized spacial score (nSPS) is 11.2. The smallest absolute Gasteiger partial charge is 0.0586 e. The van der Waals surface area contributed by atoms with Crippen LogP contribution < -0.4 is 0 Å². The van der Waals surface area contributed by atoms with Crippen molar-refractivity contribution in [3.8, 4) is 0 Å². The lowest BCUT2D eigenvalue weighted by molar-refractivity contribution is 0.962. The molecule has 0 aliphatic heterocycles. The van der Waals surface area contributed by atoms with E-state index in [-0.39, 0.29) is 0 Å². The van der Waals surface area contributed by atoms with Crippen LogP contribution in [0, 0.1) is 13.8 Å². The van der Waals surface area contributed by atoms with E-state index >= 15 is 0 Å². The lowest BCUT2D eigenvalue weighted by Gasteiger charge is -1.90. The fourth-order valence-electron chi connectivity index (χ4n) is 1.10. The number of hydrogen-bond donors (Lipinski definition) is 0. The number of aryl methyl sites for hydroxylation is 2. The molecule has 0 bridgehead atoms. The molecule has 0 saturated heterocycles. The van der Waals surface area contributed by atoms with Crippen LogP contribution in [-0.2, 0) is 0 Å². The van der Waals surface area contributed by atoms with E-state index in [4.69, 9.17) is 0 Å². The van der Waals surface area contributed by atoms with E-state index in [0.717, 1.165) is 12.1 Å². The van der Waals surface area contributed by atoms with Crippen LogP contribution in [0.15, 0.2) is 6.08 Å². The molecule has 0 saturated carbocycles. The van der Waals surface area contributed by atoms with Gasteiger partial charge in [0, 0.05) is 10.4 Å². The molecular formula is C10H15NS. The Kier molecular flexibility index (Phi) is 3.48. The van der Waals surface area contributed by atoms with Gasteiger partial charge in [-0.1, -0.05) is 25.5 Å². The molecule has 1 aromatic heterocycles. The molecule has 0 aromatic carbocycles. The minimum absolute atomic E-state index is 1.16. The molecule has 0 spiro atoms. The first-order valence-electron chi connectivity index (χ1n) is 4.35. The first kappa shape index (κ1) is 9.46. The van der Waals surface area contributed by atoms with Gasteiger partial charge in [-0.05, 0) is 31.8 Å². The van der Waals surface area contributed by atoms with Gasteiger partial charge in [0.25, 0.3) is 0 Å². The van der Waals surface area contributed by atoms with E-state index in [0.29, 0.717) is 0 Å². The third-order valence-electron chi connectivity index (χ3n) is 1.83. The summed E-state index contributed by atoms with van der Waals surface area (Å²) in [6, 6.07) is 0. The van der Waals surface area contributed by atoms with Gasteiger partial charge in [-0.3, -0.25) is 0 Å². The van der Waals surface area contributed by atoms with E-state index in [9.17, 15) is 0 Å². The summed E-state index contributed by atoms with van der Waals surface area (Å²) in [4.78, 5) is 1.32. The fraction of sp³-hybridized carbons (Fsp3) is 0.500. The topological polar surface area (TPSA) is 12.9 Å². The van der Waals surface area contributed by atoms with Gasteiger partial charge in [0.1, 0.15) is 0 Å². The quantitative estimate of drug-likeness (QED) is 0.694. The Bertz CT molecular complexity index is 254. The van der Waals surface area contributed by atoms with Gasteiger partial charge in [-0.2, -0.15) is 4.37 Å². The average molecular weight is 181 g/mol. The summed E-state index contributed by atoms with van der Waals surface area (Å²) >= 11 is 1.59. The number of aromatic nitrogens is 1. The zero-order valence-electron chi connectivity index (χ0n) is 7.92. The van der Waals surface area contributed by atoms with Gasteiger partial charge in [-0.15, -0.1) is 0 Å². The van der Waals surface area contributed by atoms with Gasteiger partial charge in [-0.25, -0.2) is 0 Å². The van der Waals surface area contributed by atoms with Crippen molar-refractivity contribution in [2.45, 2.75) is 33.6 Å². The molecule has 0 atom stereocenters. The van der Waals surface area contributed by atoms with Crippen molar-refractivity contribution in [1.82, 2.24) is 4.37 Å². The third-order valence-corrected chi connectivity index (χ3v) is 2.69. The zero-order chi connectivity index (χ0) is 8.97. The van der Waals surface area contributed by atoms with E-state index < -0.39 is 0 Å². The molecule has 66 valence electrons. The molecule has 1 heterocycles. The second kappa shape index (κ2) is 4.41. The first-order chi connectivity index (χ1) is 5.75. The lowest BCUT2D eigenvalue weighted by atomic mass is 10.2. The Morgan fingerprint density at radius 2 is 2.17 bits per heavy atom. The first-order valence-corrected chi connectivity index (χ1v) is 5.12. The molecule has 0 aliphatic rings. The molecule has 1 aromatic rings. The molecule has 12 heavy (non-hydrogen) atoms. The maximum absolute atomic E-state index is 4.29. The van der Waals surface area contributed by atoms with E-state index in [1.807, 2.05) is 0 Å². The monoisotopic (exact) mass is 181 g/mol. The summed E-state index contributed by atoms with van der Waals surface area (Å²) in [7, 11) is 0. The number of allylic oxidation sites excluding steroid dienone is 1. The van der Waals surface area contributed by atoms with E-state index in [1.54, 1.807) is 11.5 Å². The van der Waals surface area contributed by atoms with Crippen LogP contribution in [0.2, 0.25) is 0 Å². The molecule has 1 rings (SSSR count). The Morgan fingerprint density at radius 3 is 2.67 bits per heavy atom. The fourth-order valence-corrected chi connectivity index (χ4v) is 1.78. The van der Waals surface area contributed by atoms with Crippen LogP contribution in [0.25, 0.3) is 6.08 Å². The highest BCUT2D eigenvalue weighted by Gasteiger charge is 2.01. The van der Waals surface area contributed by atoms with Crippen molar-refractivity contribution in [1.29, 1.82) is 0 Å². The van der Waals surface area contributed by atoms with Crippen LogP contribution in [0.3, 0.4) is 0 Å². The second-order valence-electron chi connectivity index (χ2n) is 2.93. The van der Waals surface area contributed by atoms with Crippen molar-refractivity contribution < 1.29 is 0 Å². The summed E-state index contributed by atoms with van der Waals surface area (Å²) in [5.41, 5.74) is 2.47. The minimum atomic E-state index is 1.16. The summed E-state index contributed by atoms with van der Waals surface area (Å²) in [6.45, 7) is 6.38. The minimum Gasteiger partial charge on any atom is -0.197 e. The lowest BCUT2D eigenvalue weighted by Crippen LogP contribution is -1.76. The summed E-state index contributed by atoms with van der Waals surface area (Å²) < 4.78 is 4.29. The standard InChI is InChI=1S/C10H15NS/c1-4-5-6-7-10-8(2)11-12-9(10)3/h6-7H,4-5H2,1-3H3/b7-6-. The van der Waals surface area contributed by atoms with Gasteiger partial charge in [0.2, 0.25) is 0 Å². The highest BCUT2D eigenvalue weighted by Crippen LogP contribution is 2.18. The van der Waals surface area contributed by atoms with Crippen LogP contribution in [0.5, 0.6) is 0 Å². The average Bonchev–Trinajstić information content (AvgIpc) is 2.35. The van der Waals surface area contributed by atoms with Crippen molar-refractivity contribution in [2.24, 2.45) is 0 Å². The molecule has 0 aliphatic carbocycles. The molecule has 0 amide bonds. The third kappa shape index (κ3) is 2.18. The maximum Gasteiger partial charge on any atom is 0.0586 e. The summed E-state index contributed by atoms with van der Waals surface area (Å²) in [5.74, 6) is 0. The van der Waals surface area contributed by atoms with Crippen LogP contribution in [0.4, 0.5) is 0 Å². The number of hydrogen-bond acceptors (Lipinski definition) is 2. The number of nitrogens with zero attached hydrogens (tertiary/aromatic N) is 1. The molecule has 0 fully saturated rings. The Hall–Kier alpha value is -0.630. The van der Waals surface area contributed by atoms with Crippen molar-refractivity contribution in [2.75, 3.05) is 0 Å². The van der Waals surface area contributed by atoms with Gasteiger partial charge in [0.15, 0.2) is 0 Å². The number of unbranched alkanes of at least 4 members (excludes halogenated alkanes) is 1. The molecule has 0 radical (unpaired) electrons. The Balaban J connectivity index is 2.73. The van der Waals surface area contributed by atoms with Gasteiger partial charge < -0.3 is 0 Å². The Labute approximate surface area is 78.3 Å². The van der Waals surface area contributed by atoms with E-state index in [1.165, 1.54) is 16.9 Å². The van der Waals surface area contributed by atoms with Crippen molar-refractivity contribution in [3.63, 3.8) is 0 Å². The second-order valence-corrected chi connectivity index (χ2v) is 3.91. The molecule has 0 N–H and O–H groups in total. The predicted octanol–water partition coefficient (Wildman–Crippen LogP) is 3.57. The SMILES string of the molecule is CCC/C=C\c1c(C)nsc1C. The largest absolute Gasteiger partial charge is 0.197 e. The Morgan fingerprint density at radius 1 is 1.42 bits per heavy atom. The highest BCUT2D eigenvalue weighted by molar-refractivity contribution is 7.06. The van der Waals surface area contributed by atoms with Gasteiger partial charge >= 0.3 is 0 Å². The molecule has 0 unspecified atom stereocenters. The predicted molar refractivity (Wildman–Crippen MR) is 55.5 cm³/mol. The molecule has 1 nitrogen and oxygen atoms in total. The highest BCUT2D eigenvalue weighted by atomic mass is 32.1. The van der Waals surface area contributed by atoms with Crippen molar-refractivity contribution in [3.05, 3.63) is 22.2 Å².